The van der Waals surface area contributed by atoms with Crippen molar-refractivity contribution in [3.63, 3.8) is 0 Å². The molecule has 0 N–H and O–H groups in total. The molecule has 1 aliphatic rings. The van der Waals surface area contributed by atoms with Crippen LogP contribution in [0.1, 0.15) is 29.7 Å². The SMILES string of the molecule is COc1ccc([C@H]2Oc3cc(OCc4ccccc4)ccc3C[C@@H]2OC(C)=O)cc1OC. The molecule has 0 radical (unpaired) electrons. The molecular weight excluding hydrogens is 408 g/mol. The summed E-state index contributed by atoms with van der Waals surface area (Å²) in [6.07, 6.45) is -0.419. The Kier molecular flexibility index (Phi) is 6.50. The van der Waals surface area contributed by atoms with Crippen molar-refractivity contribution in [3.05, 3.63) is 83.4 Å². The molecule has 3 aromatic carbocycles. The van der Waals surface area contributed by atoms with E-state index in [9.17, 15) is 4.79 Å². The van der Waals surface area contributed by atoms with Gasteiger partial charge in [0.25, 0.3) is 0 Å². The number of rotatable bonds is 7. The van der Waals surface area contributed by atoms with E-state index in [0.29, 0.717) is 36.0 Å². The van der Waals surface area contributed by atoms with E-state index in [-0.39, 0.29) is 5.97 Å². The van der Waals surface area contributed by atoms with Gasteiger partial charge in [0.05, 0.1) is 14.2 Å². The third-order valence-corrected chi connectivity index (χ3v) is 5.35. The fourth-order valence-electron chi connectivity index (χ4n) is 3.81. The lowest BCUT2D eigenvalue weighted by Crippen LogP contribution is -2.34. The van der Waals surface area contributed by atoms with E-state index in [1.54, 1.807) is 14.2 Å². The first-order valence-corrected chi connectivity index (χ1v) is 10.4. The Bertz CT molecular complexity index is 1080. The van der Waals surface area contributed by atoms with E-state index in [1.807, 2.05) is 66.7 Å². The highest BCUT2D eigenvalue weighted by molar-refractivity contribution is 5.66. The fourth-order valence-corrected chi connectivity index (χ4v) is 3.81. The first kappa shape index (κ1) is 21.6. The molecule has 1 aliphatic heterocycles. The lowest BCUT2D eigenvalue weighted by atomic mass is 9.94. The average Bonchev–Trinajstić information content (AvgIpc) is 2.82. The first-order chi connectivity index (χ1) is 15.6. The van der Waals surface area contributed by atoms with Gasteiger partial charge in [-0.25, -0.2) is 0 Å². The summed E-state index contributed by atoms with van der Waals surface area (Å²) in [4.78, 5) is 11.8. The minimum Gasteiger partial charge on any atom is -0.493 e. The zero-order valence-corrected chi connectivity index (χ0v) is 18.4. The molecule has 3 aromatic rings. The van der Waals surface area contributed by atoms with Gasteiger partial charge in [-0.1, -0.05) is 42.5 Å². The second-order valence-electron chi connectivity index (χ2n) is 7.55. The van der Waals surface area contributed by atoms with Crippen molar-refractivity contribution < 1.29 is 28.5 Å². The zero-order chi connectivity index (χ0) is 22.5. The second-order valence-corrected chi connectivity index (χ2v) is 7.55. The highest BCUT2D eigenvalue weighted by atomic mass is 16.6. The Morgan fingerprint density at radius 2 is 1.75 bits per heavy atom. The lowest BCUT2D eigenvalue weighted by molar-refractivity contribution is -0.152. The minimum absolute atomic E-state index is 0.352. The number of benzene rings is 3. The quantitative estimate of drug-likeness (QED) is 0.494. The summed E-state index contributed by atoms with van der Waals surface area (Å²) >= 11 is 0. The Morgan fingerprint density at radius 3 is 2.47 bits per heavy atom. The fraction of sp³-hybridized carbons (Fsp3) is 0.269. The van der Waals surface area contributed by atoms with Crippen LogP contribution in [0.4, 0.5) is 0 Å². The number of carbonyl (C=O) groups excluding carboxylic acids is 1. The van der Waals surface area contributed by atoms with Gasteiger partial charge in [0.15, 0.2) is 17.6 Å². The molecule has 2 atom stereocenters. The van der Waals surface area contributed by atoms with E-state index in [4.69, 9.17) is 23.7 Å². The number of ether oxygens (including phenoxy) is 5. The predicted molar refractivity (Wildman–Crippen MR) is 119 cm³/mol. The zero-order valence-electron chi connectivity index (χ0n) is 18.4. The summed E-state index contributed by atoms with van der Waals surface area (Å²) in [5.41, 5.74) is 2.87. The van der Waals surface area contributed by atoms with Crippen LogP contribution in [0.25, 0.3) is 0 Å². The van der Waals surface area contributed by atoms with Crippen molar-refractivity contribution >= 4 is 5.97 Å². The topological polar surface area (TPSA) is 63.2 Å². The molecule has 6 nitrogen and oxygen atoms in total. The Morgan fingerprint density at radius 1 is 0.969 bits per heavy atom. The van der Waals surface area contributed by atoms with Crippen LogP contribution in [0, 0.1) is 0 Å². The minimum atomic E-state index is -0.490. The van der Waals surface area contributed by atoms with Crippen LogP contribution in [-0.4, -0.2) is 26.3 Å². The van der Waals surface area contributed by atoms with E-state index in [1.165, 1.54) is 6.92 Å². The molecule has 0 bridgehead atoms. The summed E-state index contributed by atoms with van der Waals surface area (Å²) in [6, 6.07) is 21.3. The van der Waals surface area contributed by atoms with Crippen molar-refractivity contribution in [1.82, 2.24) is 0 Å². The van der Waals surface area contributed by atoms with Crippen LogP contribution >= 0.6 is 0 Å². The number of methoxy groups -OCH3 is 2. The maximum Gasteiger partial charge on any atom is 0.303 e. The number of carbonyl (C=O) groups is 1. The molecule has 0 unspecified atom stereocenters. The van der Waals surface area contributed by atoms with Crippen LogP contribution in [-0.2, 0) is 22.6 Å². The van der Waals surface area contributed by atoms with E-state index < -0.39 is 12.2 Å². The molecule has 166 valence electrons. The molecule has 0 amide bonds. The number of hydrogen-bond donors (Lipinski definition) is 0. The molecule has 0 spiro atoms. The van der Waals surface area contributed by atoms with Crippen molar-refractivity contribution in [2.45, 2.75) is 32.2 Å². The molecule has 32 heavy (non-hydrogen) atoms. The highest BCUT2D eigenvalue weighted by Gasteiger charge is 2.34. The van der Waals surface area contributed by atoms with Crippen molar-refractivity contribution in [3.8, 4) is 23.0 Å². The van der Waals surface area contributed by atoms with E-state index >= 15 is 0 Å². The van der Waals surface area contributed by atoms with Crippen LogP contribution < -0.4 is 18.9 Å². The largest absolute Gasteiger partial charge is 0.493 e. The molecule has 0 saturated carbocycles. The van der Waals surface area contributed by atoms with Gasteiger partial charge in [0, 0.05) is 25.0 Å². The van der Waals surface area contributed by atoms with Crippen LogP contribution in [0.5, 0.6) is 23.0 Å². The molecule has 6 heteroatoms. The van der Waals surface area contributed by atoms with Crippen molar-refractivity contribution in [2.75, 3.05) is 14.2 Å². The normalized spacial score (nSPS) is 17.0. The summed E-state index contributed by atoms with van der Waals surface area (Å²) in [7, 11) is 3.17. The first-order valence-electron chi connectivity index (χ1n) is 10.4. The summed E-state index contributed by atoms with van der Waals surface area (Å²) in [6.45, 7) is 1.87. The van der Waals surface area contributed by atoms with Gasteiger partial charge >= 0.3 is 5.97 Å². The van der Waals surface area contributed by atoms with Crippen LogP contribution in [0.2, 0.25) is 0 Å². The molecule has 0 fully saturated rings. The molecule has 1 heterocycles. The lowest BCUT2D eigenvalue weighted by Gasteiger charge is -2.33. The van der Waals surface area contributed by atoms with Gasteiger partial charge in [0.2, 0.25) is 0 Å². The number of hydrogen-bond acceptors (Lipinski definition) is 6. The monoisotopic (exact) mass is 434 g/mol. The Balaban J connectivity index is 1.60. The second kappa shape index (κ2) is 9.64. The van der Waals surface area contributed by atoms with Crippen LogP contribution in [0.3, 0.4) is 0 Å². The van der Waals surface area contributed by atoms with E-state index in [2.05, 4.69) is 0 Å². The average molecular weight is 434 g/mol. The van der Waals surface area contributed by atoms with Gasteiger partial charge in [0.1, 0.15) is 24.2 Å². The van der Waals surface area contributed by atoms with Gasteiger partial charge in [-0.3, -0.25) is 4.79 Å². The predicted octanol–water partition coefficient (Wildman–Crippen LogP) is 4.89. The molecule has 0 saturated heterocycles. The molecular formula is C26H26O6. The number of fused-ring (bicyclic) bond motifs is 1. The third kappa shape index (κ3) is 4.80. The van der Waals surface area contributed by atoms with Crippen molar-refractivity contribution in [2.24, 2.45) is 0 Å². The smallest absolute Gasteiger partial charge is 0.303 e. The van der Waals surface area contributed by atoms with Gasteiger partial charge in [-0.2, -0.15) is 0 Å². The van der Waals surface area contributed by atoms with Gasteiger partial charge < -0.3 is 23.7 Å². The highest BCUT2D eigenvalue weighted by Crippen LogP contribution is 2.40. The molecule has 4 rings (SSSR count). The van der Waals surface area contributed by atoms with Crippen LogP contribution in [0.15, 0.2) is 66.7 Å². The van der Waals surface area contributed by atoms with Crippen molar-refractivity contribution in [1.29, 1.82) is 0 Å². The summed E-state index contributed by atoms with van der Waals surface area (Å²) in [5.74, 6) is 2.27. The summed E-state index contributed by atoms with van der Waals surface area (Å²) < 4.78 is 28.7. The number of esters is 1. The third-order valence-electron chi connectivity index (χ3n) is 5.35. The van der Waals surface area contributed by atoms with Gasteiger partial charge in [-0.15, -0.1) is 0 Å². The standard InChI is InChI=1S/C26H26O6/c1-17(27)31-25-13-19-9-11-21(30-16-18-7-5-4-6-8-18)15-23(19)32-26(25)20-10-12-22(28-2)24(14-20)29-3/h4-12,14-15,25-26H,13,16H2,1-3H3/t25-,26+/m0/s1. The Hall–Kier alpha value is -3.67. The Labute approximate surface area is 187 Å². The van der Waals surface area contributed by atoms with Gasteiger partial charge in [-0.05, 0) is 29.3 Å². The maximum atomic E-state index is 11.8. The maximum absolute atomic E-state index is 11.8. The molecule has 0 aromatic heterocycles. The molecule has 0 aliphatic carbocycles. The van der Waals surface area contributed by atoms with E-state index in [0.717, 1.165) is 16.7 Å². The summed E-state index contributed by atoms with van der Waals surface area (Å²) in [5, 5.41) is 0.